The van der Waals surface area contributed by atoms with Crippen LogP contribution in [0.1, 0.15) is 10.4 Å². The van der Waals surface area contributed by atoms with Crippen molar-refractivity contribution in [3.63, 3.8) is 0 Å². The Kier molecular flexibility index (Phi) is 5.17. The van der Waals surface area contributed by atoms with Crippen molar-refractivity contribution in [2.24, 2.45) is 14.1 Å². The number of nitrogen functional groups attached to an aromatic ring is 1. The molecule has 3 rings (SSSR count). The minimum Gasteiger partial charge on any atom is -0.456 e. The van der Waals surface area contributed by atoms with E-state index in [9.17, 15) is 19.2 Å². The van der Waals surface area contributed by atoms with E-state index in [4.69, 9.17) is 10.5 Å². The number of tetrazole rings is 1. The van der Waals surface area contributed by atoms with E-state index in [-0.39, 0.29) is 12.4 Å². The topological polar surface area (TPSA) is 157 Å². The maximum absolute atomic E-state index is 12.3. The molecule has 146 valence electrons. The van der Waals surface area contributed by atoms with Crippen LogP contribution in [-0.4, -0.2) is 47.7 Å². The number of ketones is 1. The number of esters is 1. The fraction of sp³-hybridized carbons (Fsp3) is 0.267. The van der Waals surface area contributed by atoms with Crippen LogP contribution in [0.3, 0.4) is 0 Å². The van der Waals surface area contributed by atoms with Crippen LogP contribution >= 0.6 is 11.3 Å². The minimum absolute atomic E-state index is 0.298. The summed E-state index contributed by atoms with van der Waals surface area (Å²) >= 11 is 1.42. The molecule has 3 heterocycles. The molecule has 0 aromatic carbocycles. The van der Waals surface area contributed by atoms with E-state index in [1.54, 1.807) is 6.07 Å². The van der Waals surface area contributed by atoms with Gasteiger partial charge in [-0.15, -0.1) is 21.5 Å². The Labute approximate surface area is 160 Å². The first-order valence-corrected chi connectivity index (χ1v) is 8.73. The molecule has 0 saturated heterocycles. The fourth-order valence-corrected chi connectivity index (χ4v) is 2.96. The molecule has 0 spiro atoms. The third-order valence-corrected chi connectivity index (χ3v) is 4.68. The van der Waals surface area contributed by atoms with Crippen LogP contribution in [0.5, 0.6) is 0 Å². The molecule has 0 atom stereocenters. The van der Waals surface area contributed by atoms with Crippen LogP contribution in [0.25, 0.3) is 10.7 Å². The highest BCUT2D eigenvalue weighted by molar-refractivity contribution is 7.13. The van der Waals surface area contributed by atoms with Crippen molar-refractivity contribution in [1.82, 2.24) is 29.3 Å². The van der Waals surface area contributed by atoms with Crippen LogP contribution in [0.2, 0.25) is 0 Å². The number of anilines is 1. The molecule has 0 saturated carbocycles. The maximum Gasteiger partial charge on any atom is 0.332 e. The van der Waals surface area contributed by atoms with Crippen LogP contribution in [-0.2, 0) is 30.2 Å². The van der Waals surface area contributed by atoms with Crippen LogP contribution in [0.15, 0.2) is 27.1 Å². The van der Waals surface area contributed by atoms with Crippen LogP contribution in [0.4, 0.5) is 5.82 Å². The number of hydrogen-bond donors (Lipinski definition) is 1. The largest absolute Gasteiger partial charge is 0.456 e. The first-order chi connectivity index (χ1) is 13.3. The summed E-state index contributed by atoms with van der Waals surface area (Å²) < 4.78 is 6.58. The van der Waals surface area contributed by atoms with E-state index >= 15 is 0 Å². The molecule has 28 heavy (non-hydrogen) atoms. The molecule has 3 aromatic rings. The molecule has 0 radical (unpaired) electrons. The Hall–Kier alpha value is -3.61. The number of carbonyl (C=O) groups excluding carboxylic acids is 2. The summed E-state index contributed by atoms with van der Waals surface area (Å²) in [5.41, 5.74) is 3.74. The lowest BCUT2D eigenvalue weighted by atomic mass is 10.2. The zero-order valence-corrected chi connectivity index (χ0v) is 15.7. The monoisotopic (exact) mass is 405 g/mol. The van der Waals surface area contributed by atoms with Gasteiger partial charge in [-0.1, -0.05) is 6.07 Å². The summed E-state index contributed by atoms with van der Waals surface area (Å²) in [4.78, 5) is 49.9. The molecule has 2 N–H and O–H groups in total. The van der Waals surface area contributed by atoms with Gasteiger partial charge in [-0.3, -0.25) is 18.7 Å². The molecule has 3 aromatic heterocycles. The van der Waals surface area contributed by atoms with Crippen LogP contribution < -0.4 is 17.0 Å². The predicted molar refractivity (Wildman–Crippen MR) is 97.8 cm³/mol. The molecule has 0 aliphatic rings. The average Bonchev–Trinajstić information content (AvgIpc) is 3.35. The fourth-order valence-electron chi connectivity index (χ4n) is 2.32. The first kappa shape index (κ1) is 19.2. The molecule has 13 heteroatoms. The smallest absolute Gasteiger partial charge is 0.332 e. The average molecular weight is 405 g/mol. The van der Waals surface area contributed by atoms with Crippen molar-refractivity contribution >= 4 is 28.9 Å². The van der Waals surface area contributed by atoms with Gasteiger partial charge in [0.15, 0.2) is 13.2 Å². The standard InChI is InChI=1S/C15H15N7O5S/c1-20-12(16)11(14(25)21(2)15(20)26)8(23)7-27-10(24)6-22-18-13(17-19-22)9-4-3-5-28-9/h3-5H,6-7,16H2,1-2H3. The van der Waals surface area contributed by atoms with Crippen molar-refractivity contribution in [3.8, 4) is 10.7 Å². The summed E-state index contributed by atoms with van der Waals surface area (Å²) in [6.07, 6.45) is 0. The molecular weight excluding hydrogens is 390 g/mol. The van der Waals surface area contributed by atoms with E-state index in [1.807, 2.05) is 11.4 Å². The van der Waals surface area contributed by atoms with Crippen molar-refractivity contribution in [2.75, 3.05) is 12.3 Å². The molecular formula is C15H15N7O5S. The number of nitrogens with zero attached hydrogens (tertiary/aromatic N) is 6. The number of Topliss-reactive ketones (excluding diaryl/α,β-unsaturated/α-hetero) is 1. The van der Waals surface area contributed by atoms with Crippen molar-refractivity contribution in [1.29, 1.82) is 0 Å². The number of hydrogen-bond acceptors (Lipinski definition) is 10. The number of carbonyl (C=O) groups is 2. The number of rotatable bonds is 6. The van der Waals surface area contributed by atoms with Gasteiger partial charge in [0.1, 0.15) is 11.4 Å². The van der Waals surface area contributed by atoms with Gasteiger partial charge < -0.3 is 10.5 Å². The minimum atomic E-state index is -0.861. The lowest BCUT2D eigenvalue weighted by Crippen LogP contribution is -2.42. The molecule has 0 amide bonds. The Balaban J connectivity index is 1.66. The van der Waals surface area contributed by atoms with E-state index < -0.39 is 35.2 Å². The zero-order valence-electron chi connectivity index (χ0n) is 14.9. The highest BCUT2D eigenvalue weighted by Gasteiger charge is 2.21. The lowest BCUT2D eigenvalue weighted by Gasteiger charge is -2.10. The molecule has 12 nitrogen and oxygen atoms in total. The van der Waals surface area contributed by atoms with Crippen molar-refractivity contribution in [2.45, 2.75) is 6.54 Å². The third kappa shape index (κ3) is 3.59. The quantitative estimate of drug-likeness (QED) is 0.393. The van der Waals surface area contributed by atoms with Gasteiger partial charge in [0, 0.05) is 14.1 Å². The highest BCUT2D eigenvalue weighted by Crippen LogP contribution is 2.19. The second-order valence-corrected chi connectivity index (χ2v) is 6.62. The van der Waals surface area contributed by atoms with Gasteiger partial charge >= 0.3 is 11.7 Å². The molecule has 0 fully saturated rings. The summed E-state index contributed by atoms with van der Waals surface area (Å²) in [7, 11) is 2.54. The molecule has 0 unspecified atom stereocenters. The van der Waals surface area contributed by atoms with E-state index in [1.165, 1.54) is 25.4 Å². The van der Waals surface area contributed by atoms with Crippen molar-refractivity contribution < 1.29 is 14.3 Å². The van der Waals surface area contributed by atoms with Gasteiger partial charge in [-0.05, 0) is 16.7 Å². The summed E-state index contributed by atoms with van der Waals surface area (Å²) in [5.74, 6) is -1.57. The van der Waals surface area contributed by atoms with Crippen LogP contribution in [0, 0.1) is 0 Å². The van der Waals surface area contributed by atoms with E-state index in [0.717, 1.165) is 18.8 Å². The number of thiophene rings is 1. The van der Waals surface area contributed by atoms with Gasteiger partial charge in [0.2, 0.25) is 11.6 Å². The maximum atomic E-state index is 12.3. The molecule has 0 bridgehead atoms. The molecule has 0 aliphatic carbocycles. The van der Waals surface area contributed by atoms with E-state index in [0.29, 0.717) is 5.82 Å². The molecule has 0 aliphatic heterocycles. The van der Waals surface area contributed by atoms with Crippen molar-refractivity contribution in [3.05, 3.63) is 43.9 Å². The number of aromatic nitrogens is 6. The summed E-state index contributed by atoms with van der Waals surface area (Å²) in [6.45, 7) is -1.09. The number of ether oxygens (including phenoxy) is 1. The van der Waals surface area contributed by atoms with E-state index in [2.05, 4.69) is 15.4 Å². The van der Waals surface area contributed by atoms with Gasteiger partial charge in [0.25, 0.3) is 5.56 Å². The SMILES string of the molecule is Cn1c(N)c(C(=O)COC(=O)Cn2nnc(-c3cccs3)n2)c(=O)n(C)c1=O. The Bertz CT molecular complexity index is 1160. The Morgan fingerprint density at radius 3 is 2.68 bits per heavy atom. The number of nitrogens with two attached hydrogens (primary N) is 1. The van der Waals surface area contributed by atoms with Gasteiger partial charge in [-0.2, -0.15) is 4.80 Å². The normalized spacial score (nSPS) is 10.8. The highest BCUT2D eigenvalue weighted by atomic mass is 32.1. The Morgan fingerprint density at radius 2 is 2.00 bits per heavy atom. The summed E-state index contributed by atoms with van der Waals surface area (Å²) in [6, 6.07) is 3.64. The second-order valence-electron chi connectivity index (χ2n) is 5.67. The second kappa shape index (κ2) is 7.56. The zero-order chi connectivity index (χ0) is 20.4. The third-order valence-electron chi connectivity index (χ3n) is 3.82. The summed E-state index contributed by atoms with van der Waals surface area (Å²) in [5, 5.41) is 13.5. The predicted octanol–water partition coefficient (Wildman–Crippen LogP) is -1.19. The van der Waals surface area contributed by atoms with Gasteiger partial charge in [0.05, 0.1) is 4.88 Å². The lowest BCUT2D eigenvalue weighted by molar-refractivity contribution is -0.143. The Morgan fingerprint density at radius 1 is 1.25 bits per heavy atom. The van der Waals surface area contributed by atoms with Gasteiger partial charge in [-0.25, -0.2) is 9.59 Å². The first-order valence-electron chi connectivity index (χ1n) is 7.85.